The molecule has 0 bridgehead atoms. The van der Waals surface area contributed by atoms with Gasteiger partial charge in [0.1, 0.15) is 0 Å². The Labute approximate surface area is 93.3 Å². The van der Waals surface area contributed by atoms with E-state index in [0.717, 1.165) is 0 Å². The van der Waals surface area contributed by atoms with Crippen LogP contribution in [0.5, 0.6) is 0 Å². The summed E-state index contributed by atoms with van der Waals surface area (Å²) in [6.07, 6.45) is 0.0200. The monoisotopic (exact) mass is 237 g/mol. The fourth-order valence-electron chi connectivity index (χ4n) is 0.421. The molecule has 0 fully saturated rings. The molecule has 0 aromatic heterocycles. The zero-order valence-corrected chi connectivity index (χ0v) is 10.2. The molecule has 0 saturated heterocycles. The first-order valence-electron chi connectivity index (χ1n) is 3.46. The molecule has 11 heavy (non-hydrogen) atoms. The van der Waals surface area contributed by atoms with Crippen LogP contribution in [0.2, 0.25) is 0 Å². The van der Waals surface area contributed by atoms with Crippen LogP contribution in [0.25, 0.3) is 0 Å². The van der Waals surface area contributed by atoms with Gasteiger partial charge in [0.25, 0.3) is 0 Å². The molecule has 0 amide bonds. The van der Waals surface area contributed by atoms with Crippen molar-refractivity contribution >= 4 is 0 Å². The Morgan fingerprint density at radius 2 is 1.82 bits per heavy atom. The Balaban J connectivity index is 0. The fraction of sp³-hybridized carbons (Fsp3) is 1.00. The van der Waals surface area contributed by atoms with Crippen LogP contribution < -0.4 is 0 Å². The standard InChI is InChI=1S/C7H16O3.Y/c1-6(4-8)10-5-7(2)9-3;/h6-8H,4-5H2,1-3H3;. The van der Waals surface area contributed by atoms with Gasteiger partial charge in [0, 0.05) is 39.8 Å². The van der Waals surface area contributed by atoms with Crippen molar-refractivity contribution in [2.75, 3.05) is 20.3 Å². The minimum atomic E-state index is -0.0856. The molecule has 0 saturated carbocycles. The van der Waals surface area contributed by atoms with E-state index in [2.05, 4.69) is 0 Å². The smallest absolute Gasteiger partial charge is 0.0779 e. The van der Waals surface area contributed by atoms with Crippen LogP contribution in [0.1, 0.15) is 13.8 Å². The predicted octanol–water partition coefficient (Wildman–Crippen LogP) is 0.416. The van der Waals surface area contributed by atoms with Crippen LogP contribution in [0.4, 0.5) is 0 Å². The number of hydrogen-bond donors (Lipinski definition) is 1. The Morgan fingerprint density at radius 1 is 1.27 bits per heavy atom. The third-order valence-corrected chi connectivity index (χ3v) is 1.27. The third-order valence-electron chi connectivity index (χ3n) is 1.27. The van der Waals surface area contributed by atoms with Gasteiger partial charge in [0.2, 0.25) is 0 Å². The van der Waals surface area contributed by atoms with Gasteiger partial charge in [-0.05, 0) is 13.8 Å². The number of methoxy groups -OCH3 is 1. The molecule has 1 radical (unpaired) electrons. The first-order valence-corrected chi connectivity index (χ1v) is 3.46. The SMILES string of the molecule is COC(C)COC(C)CO.[Y]. The molecule has 0 aliphatic rings. The molecule has 0 heterocycles. The van der Waals surface area contributed by atoms with Gasteiger partial charge >= 0.3 is 0 Å². The summed E-state index contributed by atoms with van der Waals surface area (Å²) in [6.45, 7) is 4.35. The van der Waals surface area contributed by atoms with Crippen LogP contribution in [0, 0.1) is 0 Å². The number of hydrogen-bond acceptors (Lipinski definition) is 3. The van der Waals surface area contributed by atoms with E-state index in [1.165, 1.54) is 0 Å². The summed E-state index contributed by atoms with van der Waals surface area (Å²) in [5.41, 5.74) is 0. The van der Waals surface area contributed by atoms with E-state index in [1.54, 1.807) is 7.11 Å². The van der Waals surface area contributed by atoms with E-state index in [4.69, 9.17) is 14.6 Å². The van der Waals surface area contributed by atoms with E-state index in [9.17, 15) is 0 Å². The Bertz CT molecular complexity index is 70.1. The summed E-state index contributed by atoms with van der Waals surface area (Å²) in [6, 6.07) is 0. The molecule has 0 rings (SSSR count). The van der Waals surface area contributed by atoms with E-state index < -0.39 is 0 Å². The van der Waals surface area contributed by atoms with Gasteiger partial charge in [0.05, 0.1) is 25.4 Å². The van der Waals surface area contributed by atoms with Crippen LogP contribution in [-0.2, 0) is 42.2 Å². The first kappa shape index (κ1) is 14.5. The number of aliphatic hydroxyl groups is 1. The van der Waals surface area contributed by atoms with Crippen molar-refractivity contribution in [2.24, 2.45) is 0 Å². The molecular weight excluding hydrogens is 221 g/mol. The average molecular weight is 237 g/mol. The van der Waals surface area contributed by atoms with Gasteiger partial charge in [-0.3, -0.25) is 0 Å². The van der Waals surface area contributed by atoms with Crippen molar-refractivity contribution < 1.29 is 47.3 Å². The van der Waals surface area contributed by atoms with Crippen molar-refractivity contribution in [1.82, 2.24) is 0 Å². The molecule has 0 aromatic rings. The van der Waals surface area contributed by atoms with Crippen molar-refractivity contribution in [3.8, 4) is 0 Å². The topological polar surface area (TPSA) is 38.7 Å². The van der Waals surface area contributed by atoms with Crippen LogP contribution in [0.15, 0.2) is 0 Å². The molecule has 0 aromatic carbocycles. The summed E-state index contributed by atoms with van der Waals surface area (Å²) in [5.74, 6) is 0. The second-order valence-corrected chi connectivity index (χ2v) is 2.37. The van der Waals surface area contributed by atoms with Crippen LogP contribution in [-0.4, -0.2) is 37.6 Å². The van der Waals surface area contributed by atoms with Gasteiger partial charge in [-0.2, -0.15) is 0 Å². The zero-order chi connectivity index (χ0) is 7.98. The average Bonchev–Trinajstić information content (AvgIpc) is 1.99. The molecule has 0 aliphatic heterocycles. The summed E-state index contributed by atoms with van der Waals surface area (Å²) in [4.78, 5) is 0. The second kappa shape index (κ2) is 9.07. The van der Waals surface area contributed by atoms with Gasteiger partial charge < -0.3 is 14.6 Å². The number of ether oxygens (including phenoxy) is 2. The van der Waals surface area contributed by atoms with E-state index in [0.29, 0.717) is 6.61 Å². The Hall–Kier alpha value is 0.984. The first-order chi connectivity index (χ1) is 4.70. The Kier molecular flexibility index (Phi) is 12.0. The van der Waals surface area contributed by atoms with E-state index >= 15 is 0 Å². The van der Waals surface area contributed by atoms with Crippen molar-refractivity contribution in [2.45, 2.75) is 26.1 Å². The summed E-state index contributed by atoms with van der Waals surface area (Å²) < 4.78 is 10.1. The molecule has 65 valence electrons. The van der Waals surface area contributed by atoms with Gasteiger partial charge in [-0.25, -0.2) is 0 Å². The van der Waals surface area contributed by atoms with Crippen molar-refractivity contribution in [3.05, 3.63) is 0 Å². The number of rotatable bonds is 5. The largest absolute Gasteiger partial charge is 0.394 e. The van der Waals surface area contributed by atoms with Gasteiger partial charge in [0.15, 0.2) is 0 Å². The maximum absolute atomic E-state index is 8.55. The Morgan fingerprint density at radius 3 is 2.18 bits per heavy atom. The van der Waals surface area contributed by atoms with Gasteiger partial charge in [-0.15, -0.1) is 0 Å². The second-order valence-electron chi connectivity index (χ2n) is 2.37. The molecule has 4 heteroatoms. The van der Waals surface area contributed by atoms with Crippen LogP contribution >= 0.6 is 0 Å². The molecule has 2 atom stereocenters. The normalized spacial score (nSPS) is 15.3. The van der Waals surface area contributed by atoms with Crippen molar-refractivity contribution in [3.63, 3.8) is 0 Å². The van der Waals surface area contributed by atoms with Gasteiger partial charge in [-0.1, -0.05) is 0 Å². The number of aliphatic hydroxyl groups excluding tert-OH is 1. The van der Waals surface area contributed by atoms with E-state index in [1.807, 2.05) is 13.8 Å². The molecule has 0 spiro atoms. The molecule has 3 nitrogen and oxygen atoms in total. The van der Waals surface area contributed by atoms with Crippen molar-refractivity contribution in [1.29, 1.82) is 0 Å². The minimum absolute atomic E-state index is 0. The molecule has 2 unspecified atom stereocenters. The minimum Gasteiger partial charge on any atom is -0.394 e. The third kappa shape index (κ3) is 8.89. The summed E-state index contributed by atoms with van der Waals surface area (Å²) in [7, 11) is 1.64. The molecule has 1 N–H and O–H groups in total. The fourth-order valence-corrected chi connectivity index (χ4v) is 0.421. The zero-order valence-electron chi connectivity index (χ0n) is 7.41. The summed E-state index contributed by atoms with van der Waals surface area (Å²) >= 11 is 0. The maximum Gasteiger partial charge on any atom is 0.0779 e. The molecule has 0 aliphatic carbocycles. The quantitative estimate of drug-likeness (QED) is 0.753. The predicted molar refractivity (Wildman–Crippen MR) is 39.0 cm³/mol. The maximum atomic E-state index is 8.55. The van der Waals surface area contributed by atoms with Crippen LogP contribution in [0.3, 0.4) is 0 Å². The summed E-state index contributed by atoms with van der Waals surface area (Å²) in [5, 5.41) is 8.55. The molecular formula is C7H16O3Y. The van der Waals surface area contributed by atoms with E-state index in [-0.39, 0.29) is 51.5 Å².